The largest absolute Gasteiger partial charge is 0.504 e. The third-order valence-corrected chi connectivity index (χ3v) is 3.54. The van der Waals surface area contributed by atoms with Gasteiger partial charge >= 0.3 is 5.63 Å². The van der Waals surface area contributed by atoms with Crippen LogP contribution in [0.3, 0.4) is 0 Å². The van der Waals surface area contributed by atoms with Gasteiger partial charge in [-0.15, -0.1) is 0 Å². The van der Waals surface area contributed by atoms with E-state index in [1.165, 1.54) is 0 Å². The number of fused-ring (bicyclic) bond motifs is 1. The predicted octanol–water partition coefficient (Wildman–Crippen LogP) is 4.25. The van der Waals surface area contributed by atoms with Gasteiger partial charge in [-0.05, 0) is 25.0 Å². The standard InChI is InChI=1S/C18H24O5/c1-3-5-6-7-12-22-17-15(19)13-9-8-10-14(21-11-4-2)16(13)23-18(17)20/h8-10,19H,3-7,11-12H2,1-2H3. The number of hydrogen-bond donors (Lipinski definition) is 1. The average molecular weight is 320 g/mol. The van der Waals surface area contributed by atoms with E-state index < -0.39 is 5.63 Å². The van der Waals surface area contributed by atoms with E-state index in [9.17, 15) is 9.90 Å². The highest BCUT2D eigenvalue weighted by molar-refractivity contribution is 5.89. The van der Waals surface area contributed by atoms with E-state index in [4.69, 9.17) is 13.9 Å². The van der Waals surface area contributed by atoms with Crippen LogP contribution in [-0.4, -0.2) is 18.3 Å². The molecule has 2 rings (SSSR count). The molecule has 23 heavy (non-hydrogen) atoms. The van der Waals surface area contributed by atoms with Gasteiger partial charge in [0.15, 0.2) is 17.1 Å². The topological polar surface area (TPSA) is 68.9 Å². The van der Waals surface area contributed by atoms with Crippen molar-refractivity contribution in [1.29, 1.82) is 0 Å². The van der Waals surface area contributed by atoms with Crippen LogP contribution in [0.25, 0.3) is 11.0 Å². The maximum Gasteiger partial charge on any atom is 0.383 e. The van der Waals surface area contributed by atoms with Crippen molar-refractivity contribution in [1.82, 2.24) is 0 Å². The highest BCUT2D eigenvalue weighted by Crippen LogP contribution is 2.35. The Kier molecular flexibility index (Phi) is 6.32. The van der Waals surface area contributed by atoms with Gasteiger partial charge in [0.1, 0.15) is 0 Å². The molecule has 1 aromatic heterocycles. The van der Waals surface area contributed by atoms with E-state index in [-0.39, 0.29) is 17.1 Å². The summed E-state index contributed by atoms with van der Waals surface area (Å²) in [7, 11) is 0. The first-order valence-electron chi connectivity index (χ1n) is 8.23. The van der Waals surface area contributed by atoms with Crippen LogP contribution in [0, 0.1) is 0 Å². The number of aromatic hydroxyl groups is 1. The molecule has 1 aromatic carbocycles. The second kappa shape index (κ2) is 8.46. The lowest BCUT2D eigenvalue weighted by atomic mass is 10.2. The van der Waals surface area contributed by atoms with Gasteiger partial charge in [-0.3, -0.25) is 0 Å². The van der Waals surface area contributed by atoms with Crippen LogP contribution in [0.15, 0.2) is 27.4 Å². The summed E-state index contributed by atoms with van der Waals surface area (Å²) in [6.07, 6.45) is 4.96. The summed E-state index contributed by atoms with van der Waals surface area (Å²) in [5, 5.41) is 10.8. The second-order valence-corrected chi connectivity index (χ2v) is 5.46. The molecule has 1 heterocycles. The van der Waals surface area contributed by atoms with E-state index >= 15 is 0 Å². The lowest BCUT2D eigenvalue weighted by Crippen LogP contribution is -2.09. The van der Waals surface area contributed by atoms with Crippen LogP contribution in [0.5, 0.6) is 17.2 Å². The van der Waals surface area contributed by atoms with Crippen LogP contribution in [0.4, 0.5) is 0 Å². The minimum Gasteiger partial charge on any atom is -0.504 e. The van der Waals surface area contributed by atoms with Crippen molar-refractivity contribution < 1.29 is 19.0 Å². The molecule has 5 heteroatoms. The normalized spacial score (nSPS) is 10.9. The van der Waals surface area contributed by atoms with Crippen molar-refractivity contribution in [2.45, 2.75) is 46.0 Å². The Balaban J connectivity index is 2.25. The third kappa shape index (κ3) is 4.18. The van der Waals surface area contributed by atoms with Gasteiger partial charge in [0, 0.05) is 0 Å². The van der Waals surface area contributed by atoms with E-state index in [1.54, 1.807) is 18.2 Å². The fourth-order valence-electron chi connectivity index (χ4n) is 2.32. The van der Waals surface area contributed by atoms with E-state index in [2.05, 4.69) is 6.92 Å². The number of para-hydroxylation sites is 1. The van der Waals surface area contributed by atoms with Crippen LogP contribution in [0.2, 0.25) is 0 Å². The molecule has 0 unspecified atom stereocenters. The fourth-order valence-corrected chi connectivity index (χ4v) is 2.32. The Hall–Kier alpha value is -2.17. The van der Waals surface area contributed by atoms with E-state index in [0.717, 1.165) is 32.1 Å². The van der Waals surface area contributed by atoms with Crippen LogP contribution in [-0.2, 0) is 0 Å². The molecule has 0 spiro atoms. The van der Waals surface area contributed by atoms with Gasteiger partial charge in [-0.2, -0.15) is 0 Å². The average Bonchev–Trinajstić information content (AvgIpc) is 2.55. The number of unbranched alkanes of at least 4 members (excludes halogenated alkanes) is 3. The molecule has 0 aliphatic rings. The fraction of sp³-hybridized carbons (Fsp3) is 0.500. The minimum absolute atomic E-state index is 0.123. The summed E-state index contributed by atoms with van der Waals surface area (Å²) < 4.78 is 16.3. The summed E-state index contributed by atoms with van der Waals surface area (Å²) >= 11 is 0. The Morgan fingerprint density at radius 2 is 1.87 bits per heavy atom. The van der Waals surface area contributed by atoms with Gasteiger partial charge in [0.2, 0.25) is 5.75 Å². The van der Waals surface area contributed by atoms with Gasteiger partial charge in [-0.1, -0.05) is 39.2 Å². The number of benzene rings is 1. The predicted molar refractivity (Wildman–Crippen MR) is 89.6 cm³/mol. The number of rotatable bonds is 9. The van der Waals surface area contributed by atoms with Gasteiger partial charge in [-0.25, -0.2) is 4.79 Å². The summed E-state index contributed by atoms with van der Waals surface area (Å²) in [6.45, 7) is 5.02. The first kappa shape index (κ1) is 17.2. The highest BCUT2D eigenvalue weighted by Gasteiger charge is 2.17. The zero-order valence-electron chi connectivity index (χ0n) is 13.8. The maximum atomic E-state index is 12.1. The molecule has 5 nitrogen and oxygen atoms in total. The molecule has 0 aliphatic heterocycles. The zero-order chi connectivity index (χ0) is 16.7. The molecule has 0 bridgehead atoms. The van der Waals surface area contributed by atoms with Crippen molar-refractivity contribution in [2.75, 3.05) is 13.2 Å². The molecule has 0 saturated carbocycles. The summed E-state index contributed by atoms with van der Waals surface area (Å²) in [4.78, 5) is 12.1. The van der Waals surface area contributed by atoms with Crippen molar-refractivity contribution in [2.24, 2.45) is 0 Å². The molecule has 0 radical (unpaired) electrons. The van der Waals surface area contributed by atoms with Crippen molar-refractivity contribution in [3.8, 4) is 17.2 Å². The molecule has 126 valence electrons. The lowest BCUT2D eigenvalue weighted by molar-refractivity contribution is 0.274. The number of ether oxygens (including phenoxy) is 2. The smallest absolute Gasteiger partial charge is 0.383 e. The zero-order valence-corrected chi connectivity index (χ0v) is 13.8. The first-order valence-corrected chi connectivity index (χ1v) is 8.23. The second-order valence-electron chi connectivity index (χ2n) is 5.46. The summed E-state index contributed by atoms with van der Waals surface area (Å²) in [5.74, 6) is 0.140. The molecule has 0 amide bonds. The molecule has 0 atom stereocenters. The van der Waals surface area contributed by atoms with Crippen molar-refractivity contribution in [3.63, 3.8) is 0 Å². The van der Waals surface area contributed by atoms with Crippen LogP contribution in [0.1, 0.15) is 46.0 Å². The summed E-state index contributed by atoms with van der Waals surface area (Å²) in [5.41, 5.74) is -0.431. The quantitative estimate of drug-likeness (QED) is 0.552. The SMILES string of the molecule is CCCCCCOc1c(O)c2cccc(OCCC)c2oc1=O. The van der Waals surface area contributed by atoms with Crippen molar-refractivity contribution >= 4 is 11.0 Å². The van der Waals surface area contributed by atoms with E-state index in [0.29, 0.717) is 24.3 Å². The van der Waals surface area contributed by atoms with Gasteiger partial charge in [0.05, 0.1) is 18.6 Å². The highest BCUT2D eigenvalue weighted by atomic mass is 16.5. The molecular weight excluding hydrogens is 296 g/mol. The first-order chi connectivity index (χ1) is 11.2. The molecule has 1 N–H and O–H groups in total. The van der Waals surface area contributed by atoms with Crippen LogP contribution >= 0.6 is 0 Å². The van der Waals surface area contributed by atoms with Crippen LogP contribution < -0.4 is 15.1 Å². The van der Waals surface area contributed by atoms with Gasteiger partial charge in [0.25, 0.3) is 0 Å². The molecule has 0 fully saturated rings. The Morgan fingerprint density at radius 1 is 1.04 bits per heavy atom. The van der Waals surface area contributed by atoms with Crippen molar-refractivity contribution in [3.05, 3.63) is 28.6 Å². The lowest BCUT2D eigenvalue weighted by Gasteiger charge is -2.11. The van der Waals surface area contributed by atoms with E-state index in [1.807, 2.05) is 6.92 Å². The summed E-state index contributed by atoms with van der Waals surface area (Å²) in [6, 6.07) is 5.14. The van der Waals surface area contributed by atoms with Gasteiger partial charge < -0.3 is 19.0 Å². The molecule has 0 aliphatic carbocycles. The number of hydrogen-bond acceptors (Lipinski definition) is 5. The monoisotopic (exact) mass is 320 g/mol. The third-order valence-electron chi connectivity index (χ3n) is 3.54. The Morgan fingerprint density at radius 3 is 2.61 bits per heavy atom. The minimum atomic E-state index is -0.682. The molecular formula is C18H24O5. The molecule has 0 saturated heterocycles. The maximum absolute atomic E-state index is 12.1. The Bertz CT molecular complexity index is 690. The Labute approximate surface area is 135 Å². The molecule has 2 aromatic rings.